The minimum atomic E-state index is -0.186. The van der Waals surface area contributed by atoms with E-state index in [0.717, 1.165) is 6.42 Å². The monoisotopic (exact) mass is 246 g/mol. The third kappa shape index (κ3) is 2.45. The average molecular weight is 246 g/mol. The molecule has 2 atom stereocenters. The van der Waals surface area contributed by atoms with E-state index in [4.69, 9.17) is 4.74 Å². The van der Waals surface area contributed by atoms with E-state index < -0.39 is 0 Å². The van der Waals surface area contributed by atoms with Crippen LogP contribution in [-0.4, -0.2) is 17.7 Å². The number of carbonyl (C=O) groups is 2. The quantitative estimate of drug-likeness (QED) is 0.820. The molecule has 0 fully saturated rings. The maximum Gasteiger partial charge on any atom is 0.173 e. The number of rotatable bonds is 4. The van der Waals surface area contributed by atoms with Gasteiger partial charge in [-0.2, -0.15) is 0 Å². The van der Waals surface area contributed by atoms with Gasteiger partial charge in [0.15, 0.2) is 5.78 Å². The number of carbonyl (C=O) groups excluding carboxylic acids is 2. The molecule has 0 amide bonds. The molecule has 0 N–H and O–H groups in total. The Morgan fingerprint density at radius 2 is 2.06 bits per heavy atom. The molecule has 1 aliphatic rings. The topological polar surface area (TPSA) is 43.4 Å². The number of ketones is 2. The van der Waals surface area contributed by atoms with Gasteiger partial charge in [-0.25, -0.2) is 0 Å². The van der Waals surface area contributed by atoms with Crippen molar-refractivity contribution in [3.8, 4) is 5.75 Å². The molecule has 0 spiro atoms. The SMILES string of the molecule is CCC1Oc2ccccc2C(=O)C1CCC(C)=O. The maximum absolute atomic E-state index is 12.4. The molecule has 0 saturated heterocycles. The Bertz CT molecular complexity index is 465. The third-order valence-electron chi connectivity index (χ3n) is 3.43. The van der Waals surface area contributed by atoms with Crippen LogP contribution < -0.4 is 4.74 Å². The lowest BCUT2D eigenvalue weighted by atomic mass is 9.84. The van der Waals surface area contributed by atoms with Crippen LogP contribution in [0.15, 0.2) is 24.3 Å². The van der Waals surface area contributed by atoms with Crippen molar-refractivity contribution in [2.45, 2.75) is 39.2 Å². The normalized spacial score (nSPS) is 22.2. The lowest BCUT2D eigenvalue weighted by Gasteiger charge is -2.31. The number of para-hydroxylation sites is 1. The zero-order chi connectivity index (χ0) is 13.1. The van der Waals surface area contributed by atoms with Crippen LogP contribution in [-0.2, 0) is 4.79 Å². The van der Waals surface area contributed by atoms with E-state index in [9.17, 15) is 9.59 Å². The van der Waals surface area contributed by atoms with E-state index in [-0.39, 0.29) is 23.6 Å². The van der Waals surface area contributed by atoms with Gasteiger partial charge < -0.3 is 9.53 Å². The van der Waals surface area contributed by atoms with Gasteiger partial charge in [0.2, 0.25) is 0 Å². The molecule has 0 bridgehead atoms. The van der Waals surface area contributed by atoms with E-state index in [1.807, 2.05) is 25.1 Å². The van der Waals surface area contributed by atoms with Crippen molar-refractivity contribution in [1.82, 2.24) is 0 Å². The molecule has 1 aliphatic heterocycles. The Hall–Kier alpha value is -1.64. The lowest BCUT2D eigenvalue weighted by molar-refractivity contribution is -0.117. The summed E-state index contributed by atoms with van der Waals surface area (Å²) in [4.78, 5) is 23.5. The predicted molar refractivity (Wildman–Crippen MR) is 68.9 cm³/mol. The average Bonchev–Trinajstić information content (AvgIpc) is 2.37. The van der Waals surface area contributed by atoms with Gasteiger partial charge >= 0.3 is 0 Å². The van der Waals surface area contributed by atoms with Gasteiger partial charge in [0, 0.05) is 6.42 Å². The highest BCUT2D eigenvalue weighted by Crippen LogP contribution is 2.34. The van der Waals surface area contributed by atoms with Crippen molar-refractivity contribution in [2.75, 3.05) is 0 Å². The molecule has 0 aliphatic carbocycles. The molecule has 0 saturated carbocycles. The number of hydrogen-bond acceptors (Lipinski definition) is 3. The van der Waals surface area contributed by atoms with Gasteiger partial charge in [0.05, 0.1) is 11.5 Å². The van der Waals surface area contributed by atoms with Crippen molar-refractivity contribution in [3.05, 3.63) is 29.8 Å². The van der Waals surface area contributed by atoms with Gasteiger partial charge in [0.25, 0.3) is 0 Å². The fourth-order valence-corrected chi connectivity index (χ4v) is 2.43. The van der Waals surface area contributed by atoms with Gasteiger partial charge in [-0.15, -0.1) is 0 Å². The molecule has 2 rings (SSSR count). The summed E-state index contributed by atoms with van der Waals surface area (Å²) in [7, 11) is 0. The summed E-state index contributed by atoms with van der Waals surface area (Å²) in [6.07, 6.45) is 1.70. The van der Waals surface area contributed by atoms with E-state index in [0.29, 0.717) is 24.2 Å². The molecule has 1 aromatic rings. The molecule has 0 radical (unpaired) electrons. The first-order valence-electron chi connectivity index (χ1n) is 6.42. The summed E-state index contributed by atoms with van der Waals surface area (Å²) in [6.45, 7) is 3.57. The minimum Gasteiger partial charge on any atom is -0.489 e. The summed E-state index contributed by atoms with van der Waals surface area (Å²) < 4.78 is 5.86. The van der Waals surface area contributed by atoms with E-state index in [2.05, 4.69) is 0 Å². The Morgan fingerprint density at radius 3 is 2.72 bits per heavy atom. The first-order chi connectivity index (χ1) is 8.63. The maximum atomic E-state index is 12.4. The van der Waals surface area contributed by atoms with Gasteiger partial charge in [-0.1, -0.05) is 19.1 Å². The summed E-state index contributed by atoms with van der Waals surface area (Å²) in [5.74, 6) is 0.726. The Morgan fingerprint density at radius 1 is 1.33 bits per heavy atom. The largest absolute Gasteiger partial charge is 0.489 e. The van der Waals surface area contributed by atoms with Gasteiger partial charge in [0.1, 0.15) is 17.6 Å². The molecule has 1 aromatic carbocycles. The number of ether oxygens (including phenoxy) is 1. The number of Topliss-reactive ketones (excluding diaryl/α,β-unsaturated/α-hetero) is 2. The number of fused-ring (bicyclic) bond motifs is 1. The zero-order valence-corrected chi connectivity index (χ0v) is 10.8. The highest BCUT2D eigenvalue weighted by Gasteiger charge is 2.35. The van der Waals surface area contributed by atoms with Crippen LogP contribution in [0.5, 0.6) is 5.75 Å². The molecular formula is C15H18O3. The van der Waals surface area contributed by atoms with E-state index in [1.54, 1.807) is 13.0 Å². The van der Waals surface area contributed by atoms with Crippen molar-refractivity contribution in [2.24, 2.45) is 5.92 Å². The summed E-state index contributed by atoms with van der Waals surface area (Å²) >= 11 is 0. The van der Waals surface area contributed by atoms with Crippen molar-refractivity contribution in [3.63, 3.8) is 0 Å². The lowest BCUT2D eigenvalue weighted by Crippen LogP contribution is -2.37. The Kier molecular flexibility index (Phi) is 3.80. The summed E-state index contributed by atoms with van der Waals surface area (Å²) in [5.41, 5.74) is 0.649. The van der Waals surface area contributed by atoms with Crippen LogP contribution in [0.25, 0.3) is 0 Å². The molecule has 18 heavy (non-hydrogen) atoms. The summed E-state index contributed by atoms with van der Waals surface area (Å²) in [6, 6.07) is 7.34. The van der Waals surface area contributed by atoms with Crippen LogP contribution in [0.2, 0.25) is 0 Å². The highest BCUT2D eigenvalue weighted by atomic mass is 16.5. The zero-order valence-electron chi connectivity index (χ0n) is 10.8. The standard InChI is InChI=1S/C15H18O3/c1-3-13-12(9-8-10(2)16)15(17)11-6-4-5-7-14(11)18-13/h4-7,12-13H,3,8-9H2,1-2H3. The highest BCUT2D eigenvalue weighted by molar-refractivity contribution is 6.01. The Labute approximate surface area is 107 Å². The first kappa shape index (κ1) is 12.8. The summed E-state index contributed by atoms with van der Waals surface area (Å²) in [5, 5.41) is 0. The van der Waals surface area contributed by atoms with E-state index in [1.165, 1.54) is 0 Å². The third-order valence-corrected chi connectivity index (χ3v) is 3.43. The fraction of sp³-hybridized carbons (Fsp3) is 0.467. The second-order valence-electron chi connectivity index (χ2n) is 4.77. The predicted octanol–water partition coefficient (Wildman–Crippen LogP) is 3.03. The smallest absolute Gasteiger partial charge is 0.173 e. The van der Waals surface area contributed by atoms with Crippen LogP contribution in [0.3, 0.4) is 0 Å². The van der Waals surface area contributed by atoms with Crippen LogP contribution >= 0.6 is 0 Å². The molecule has 96 valence electrons. The van der Waals surface area contributed by atoms with Gasteiger partial charge in [-0.3, -0.25) is 4.79 Å². The second-order valence-corrected chi connectivity index (χ2v) is 4.77. The molecule has 3 heteroatoms. The minimum absolute atomic E-state index is 0.105. The van der Waals surface area contributed by atoms with Crippen LogP contribution in [0.4, 0.5) is 0 Å². The molecule has 2 unspecified atom stereocenters. The number of hydrogen-bond donors (Lipinski definition) is 0. The van der Waals surface area contributed by atoms with Crippen LogP contribution in [0, 0.1) is 5.92 Å². The second kappa shape index (κ2) is 5.34. The fourth-order valence-electron chi connectivity index (χ4n) is 2.43. The molecule has 3 nitrogen and oxygen atoms in total. The Balaban J connectivity index is 2.24. The van der Waals surface area contributed by atoms with E-state index >= 15 is 0 Å². The van der Waals surface area contributed by atoms with Crippen LogP contribution in [0.1, 0.15) is 43.5 Å². The molecule has 0 aromatic heterocycles. The molecular weight excluding hydrogens is 228 g/mol. The number of benzene rings is 1. The van der Waals surface area contributed by atoms with Crippen molar-refractivity contribution in [1.29, 1.82) is 0 Å². The van der Waals surface area contributed by atoms with Crippen molar-refractivity contribution < 1.29 is 14.3 Å². The van der Waals surface area contributed by atoms with Crippen molar-refractivity contribution >= 4 is 11.6 Å². The first-order valence-corrected chi connectivity index (χ1v) is 6.42. The molecule has 1 heterocycles. The van der Waals surface area contributed by atoms with Gasteiger partial charge in [-0.05, 0) is 31.9 Å².